The Morgan fingerprint density at radius 2 is 1.91 bits per heavy atom. The van der Waals surface area contributed by atoms with Gasteiger partial charge in [-0.15, -0.1) is 0 Å². The summed E-state index contributed by atoms with van der Waals surface area (Å²) in [6, 6.07) is 6.70. The molecule has 0 spiro atoms. The first-order chi connectivity index (χ1) is 11.0. The zero-order valence-corrected chi connectivity index (χ0v) is 15.4. The Kier molecular flexibility index (Phi) is 6.26. The van der Waals surface area contributed by atoms with Gasteiger partial charge in [0.2, 0.25) is 5.91 Å². The summed E-state index contributed by atoms with van der Waals surface area (Å²) in [5, 5.41) is 0. The Hall–Kier alpha value is -1.31. The molecule has 0 unspecified atom stereocenters. The number of anilines is 1. The molecule has 1 aromatic rings. The van der Waals surface area contributed by atoms with Crippen LogP contribution in [-0.2, 0) is 11.2 Å². The maximum atomic E-state index is 13.2. The first-order valence-electron chi connectivity index (χ1n) is 9.23. The molecule has 2 heteroatoms. The van der Waals surface area contributed by atoms with E-state index < -0.39 is 0 Å². The largest absolute Gasteiger partial charge is 0.309 e. The monoisotopic (exact) mass is 314 g/mol. The van der Waals surface area contributed by atoms with Crippen LogP contribution in [0.4, 0.5) is 5.69 Å². The molecule has 1 fully saturated rings. The van der Waals surface area contributed by atoms with Crippen molar-refractivity contribution in [3.05, 3.63) is 35.7 Å². The zero-order valence-electron chi connectivity index (χ0n) is 15.4. The topological polar surface area (TPSA) is 20.3 Å². The number of carbonyl (C=O) groups excluding carboxylic acids is 1. The van der Waals surface area contributed by atoms with Crippen LogP contribution in [0.5, 0.6) is 0 Å². The predicted molar refractivity (Wildman–Crippen MR) is 98.6 cm³/mol. The lowest BCUT2D eigenvalue weighted by Gasteiger charge is -2.35. The molecule has 23 heavy (non-hydrogen) atoms. The van der Waals surface area contributed by atoms with Crippen LogP contribution < -0.4 is 4.90 Å². The molecule has 0 saturated heterocycles. The first-order valence-corrected chi connectivity index (χ1v) is 9.23. The van der Waals surface area contributed by atoms with Crippen molar-refractivity contribution in [2.75, 3.05) is 4.90 Å². The lowest BCUT2D eigenvalue weighted by molar-refractivity contribution is -0.123. The van der Waals surface area contributed by atoms with Gasteiger partial charge in [-0.2, -0.15) is 0 Å². The summed E-state index contributed by atoms with van der Waals surface area (Å²) in [4.78, 5) is 15.3. The Bertz CT molecular complexity index is 527. The van der Waals surface area contributed by atoms with Crippen molar-refractivity contribution >= 4 is 11.6 Å². The van der Waals surface area contributed by atoms with E-state index in [9.17, 15) is 4.79 Å². The van der Waals surface area contributed by atoms with Crippen LogP contribution in [-0.4, -0.2) is 11.9 Å². The molecule has 1 aromatic carbocycles. The average molecular weight is 314 g/mol. The second kappa shape index (κ2) is 7.99. The summed E-state index contributed by atoms with van der Waals surface area (Å²) in [6.07, 6.45) is 7.53. The summed E-state index contributed by atoms with van der Waals surface area (Å²) < 4.78 is 0. The SMILES string of the molecule is C[CH]c1ccc(CC)c(N(C(=O)[C@H]2CC[C@H](C)CC2)C(C)C)c1. The lowest BCUT2D eigenvalue weighted by atomic mass is 9.82. The minimum absolute atomic E-state index is 0.194. The van der Waals surface area contributed by atoms with Crippen LogP contribution in [0.2, 0.25) is 0 Å². The molecule has 1 amide bonds. The molecule has 1 saturated carbocycles. The zero-order chi connectivity index (χ0) is 17.0. The van der Waals surface area contributed by atoms with Crippen molar-refractivity contribution in [1.82, 2.24) is 0 Å². The van der Waals surface area contributed by atoms with Gasteiger partial charge in [-0.05, 0) is 75.5 Å². The molecule has 1 aliphatic rings. The number of hydrogen-bond acceptors (Lipinski definition) is 1. The number of aryl methyl sites for hydroxylation is 1. The quantitative estimate of drug-likeness (QED) is 0.713. The normalized spacial score (nSPS) is 21.5. The molecule has 0 aliphatic heterocycles. The molecular formula is C21H32NO. The number of nitrogens with zero attached hydrogens (tertiary/aromatic N) is 1. The molecule has 1 aliphatic carbocycles. The van der Waals surface area contributed by atoms with Gasteiger partial charge in [0.1, 0.15) is 0 Å². The molecule has 2 rings (SSSR count). The highest BCUT2D eigenvalue weighted by Crippen LogP contribution is 2.33. The van der Waals surface area contributed by atoms with Crippen molar-refractivity contribution in [2.24, 2.45) is 11.8 Å². The molecule has 1 radical (unpaired) electrons. The number of rotatable bonds is 5. The Morgan fingerprint density at radius 1 is 1.26 bits per heavy atom. The predicted octanol–water partition coefficient (Wildman–Crippen LogP) is 5.39. The highest BCUT2D eigenvalue weighted by molar-refractivity contribution is 5.96. The fourth-order valence-corrected chi connectivity index (χ4v) is 3.64. The Labute approximate surface area is 142 Å². The first kappa shape index (κ1) is 18.0. The van der Waals surface area contributed by atoms with Gasteiger partial charge >= 0.3 is 0 Å². The van der Waals surface area contributed by atoms with Gasteiger partial charge in [0.25, 0.3) is 0 Å². The second-order valence-corrected chi connectivity index (χ2v) is 7.29. The van der Waals surface area contributed by atoms with Crippen molar-refractivity contribution in [3.63, 3.8) is 0 Å². The smallest absolute Gasteiger partial charge is 0.230 e. The highest BCUT2D eigenvalue weighted by atomic mass is 16.2. The Morgan fingerprint density at radius 3 is 2.43 bits per heavy atom. The van der Waals surface area contributed by atoms with Gasteiger partial charge in [0.15, 0.2) is 0 Å². The number of hydrogen-bond donors (Lipinski definition) is 0. The van der Waals surface area contributed by atoms with Gasteiger partial charge in [-0.1, -0.05) is 32.9 Å². The van der Waals surface area contributed by atoms with Crippen molar-refractivity contribution in [3.8, 4) is 0 Å². The van der Waals surface area contributed by atoms with Gasteiger partial charge in [-0.25, -0.2) is 0 Å². The van der Waals surface area contributed by atoms with Crippen LogP contribution >= 0.6 is 0 Å². The highest BCUT2D eigenvalue weighted by Gasteiger charge is 2.31. The van der Waals surface area contributed by atoms with Crippen molar-refractivity contribution in [1.29, 1.82) is 0 Å². The molecule has 0 bridgehead atoms. The second-order valence-electron chi connectivity index (χ2n) is 7.29. The molecule has 0 heterocycles. The van der Waals surface area contributed by atoms with E-state index in [2.05, 4.69) is 64.1 Å². The van der Waals surface area contributed by atoms with Crippen LogP contribution in [0, 0.1) is 18.3 Å². The van der Waals surface area contributed by atoms with Crippen molar-refractivity contribution in [2.45, 2.75) is 72.8 Å². The summed E-state index contributed by atoms with van der Waals surface area (Å²) >= 11 is 0. The van der Waals surface area contributed by atoms with E-state index in [0.717, 1.165) is 30.9 Å². The van der Waals surface area contributed by atoms with E-state index in [1.807, 2.05) is 0 Å². The fraction of sp³-hybridized carbons (Fsp3) is 0.619. The summed E-state index contributed by atoms with van der Waals surface area (Å²) in [7, 11) is 0. The summed E-state index contributed by atoms with van der Waals surface area (Å²) in [5.74, 6) is 1.30. The maximum absolute atomic E-state index is 13.2. The molecule has 0 aromatic heterocycles. The van der Waals surface area contributed by atoms with E-state index in [1.165, 1.54) is 24.0 Å². The molecule has 0 N–H and O–H groups in total. The van der Waals surface area contributed by atoms with Crippen molar-refractivity contribution < 1.29 is 4.79 Å². The molecule has 0 atom stereocenters. The summed E-state index contributed by atoms with van der Waals surface area (Å²) in [6.45, 7) is 10.8. The minimum Gasteiger partial charge on any atom is -0.309 e. The van der Waals surface area contributed by atoms with Crippen LogP contribution in [0.25, 0.3) is 0 Å². The van der Waals surface area contributed by atoms with E-state index in [0.29, 0.717) is 5.91 Å². The van der Waals surface area contributed by atoms with E-state index in [4.69, 9.17) is 0 Å². The number of carbonyl (C=O) groups is 1. The minimum atomic E-state index is 0.194. The average Bonchev–Trinajstić information content (AvgIpc) is 2.55. The Balaban J connectivity index is 2.32. The number of amides is 1. The van der Waals surface area contributed by atoms with Gasteiger partial charge in [0.05, 0.1) is 0 Å². The summed E-state index contributed by atoms with van der Waals surface area (Å²) in [5.41, 5.74) is 3.57. The van der Waals surface area contributed by atoms with Crippen LogP contribution in [0.3, 0.4) is 0 Å². The third-order valence-corrected chi connectivity index (χ3v) is 5.20. The maximum Gasteiger partial charge on any atom is 0.230 e. The van der Waals surface area contributed by atoms with Crippen LogP contribution in [0.1, 0.15) is 71.4 Å². The third-order valence-electron chi connectivity index (χ3n) is 5.20. The molecule has 2 nitrogen and oxygen atoms in total. The lowest BCUT2D eigenvalue weighted by Crippen LogP contribution is -2.42. The third kappa shape index (κ3) is 4.16. The van der Waals surface area contributed by atoms with Gasteiger partial charge in [0, 0.05) is 17.6 Å². The van der Waals surface area contributed by atoms with E-state index in [1.54, 1.807) is 0 Å². The van der Waals surface area contributed by atoms with E-state index in [-0.39, 0.29) is 12.0 Å². The van der Waals surface area contributed by atoms with Crippen LogP contribution in [0.15, 0.2) is 18.2 Å². The molecular weight excluding hydrogens is 282 g/mol. The van der Waals surface area contributed by atoms with Gasteiger partial charge < -0.3 is 4.90 Å². The van der Waals surface area contributed by atoms with Gasteiger partial charge in [-0.3, -0.25) is 4.79 Å². The molecule has 127 valence electrons. The van der Waals surface area contributed by atoms with E-state index >= 15 is 0 Å². The standard InChI is InChI=1S/C21H32NO/c1-6-17-10-13-18(7-2)20(14-17)22(15(3)4)21(23)19-11-8-16(5)9-12-19/h6,10,13-16,19H,7-9,11-12H2,1-5H3/t16-,19-. The fourth-order valence-electron chi connectivity index (χ4n) is 3.64. The number of benzene rings is 1.